The number of nitrogens with one attached hydrogen (secondary N) is 1. The largest absolute Gasteiger partial charge is 0.380 e. The van der Waals surface area contributed by atoms with Crippen LogP contribution in [0.3, 0.4) is 0 Å². The van der Waals surface area contributed by atoms with Crippen molar-refractivity contribution in [3.05, 3.63) is 29.6 Å². The first kappa shape index (κ1) is 13.0. The van der Waals surface area contributed by atoms with Crippen LogP contribution in [0.4, 0.5) is 10.1 Å². The Balaban J connectivity index is 3.01. The topological polar surface area (TPSA) is 12.0 Å². The molecule has 0 atom stereocenters. The van der Waals surface area contributed by atoms with E-state index in [9.17, 15) is 4.39 Å². The third kappa shape index (κ3) is 3.51. The zero-order chi connectivity index (χ0) is 12.6. The van der Waals surface area contributed by atoms with Crippen molar-refractivity contribution in [1.82, 2.24) is 0 Å². The molecule has 1 nitrogen and oxygen atoms in total. The molecule has 0 aliphatic heterocycles. The van der Waals surface area contributed by atoms with E-state index in [0.29, 0.717) is 0 Å². The van der Waals surface area contributed by atoms with Gasteiger partial charge in [0.05, 0.1) is 0 Å². The fourth-order valence-corrected chi connectivity index (χ4v) is 1.63. The van der Waals surface area contributed by atoms with Crippen LogP contribution in [0.2, 0.25) is 0 Å². The highest BCUT2D eigenvalue weighted by molar-refractivity contribution is 5.48. The first-order valence-electron chi connectivity index (χ1n) is 5.68. The van der Waals surface area contributed by atoms with E-state index in [0.717, 1.165) is 11.3 Å². The Morgan fingerprint density at radius 2 is 1.56 bits per heavy atom. The molecule has 0 fully saturated rings. The third-order valence-corrected chi connectivity index (χ3v) is 2.30. The minimum Gasteiger partial charge on any atom is -0.380 e. The molecule has 0 heterocycles. The number of rotatable bonds is 1. The van der Waals surface area contributed by atoms with Gasteiger partial charge in [-0.05, 0) is 43.9 Å². The van der Waals surface area contributed by atoms with Gasteiger partial charge in [0.1, 0.15) is 5.82 Å². The average molecular weight is 223 g/mol. The first-order chi connectivity index (χ1) is 7.09. The molecule has 0 spiro atoms. The molecule has 0 unspecified atom stereocenters. The van der Waals surface area contributed by atoms with Gasteiger partial charge in [0.2, 0.25) is 0 Å². The Morgan fingerprint density at radius 3 is 1.94 bits per heavy atom. The van der Waals surface area contributed by atoms with E-state index in [1.807, 2.05) is 32.9 Å². The zero-order valence-corrected chi connectivity index (χ0v) is 11.1. The van der Waals surface area contributed by atoms with E-state index in [-0.39, 0.29) is 16.8 Å². The van der Waals surface area contributed by atoms with Crippen molar-refractivity contribution in [3.63, 3.8) is 0 Å². The molecule has 1 aromatic carbocycles. The maximum Gasteiger partial charge on any atom is 0.128 e. The molecule has 1 aromatic rings. The van der Waals surface area contributed by atoms with Crippen LogP contribution < -0.4 is 5.32 Å². The van der Waals surface area contributed by atoms with Crippen LogP contribution in [0.1, 0.15) is 47.1 Å². The van der Waals surface area contributed by atoms with E-state index in [2.05, 4.69) is 26.1 Å². The molecule has 1 N–H and O–H groups in total. The van der Waals surface area contributed by atoms with Crippen LogP contribution in [0.25, 0.3) is 0 Å². The van der Waals surface area contributed by atoms with E-state index >= 15 is 0 Å². The summed E-state index contributed by atoms with van der Waals surface area (Å²) in [6.07, 6.45) is 0. The van der Waals surface area contributed by atoms with Gasteiger partial charge in [0.15, 0.2) is 0 Å². The summed E-state index contributed by atoms with van der Waals surface area (Å²) in [5.74, 6) is -0.137. The summed E-state index contributed by atoms with van der Waals surface area (Å²) in [5.41, 5.74) is 1.39. The molecule has 0 aliphatic rings. The summed E-state index contributed by atoms with van der Waals surface area (Å²) < 4.78 is 13.9. The van der Waals surface area contributed by atoms with E-state index in [1.54, 1.807) is 6.07 Å². The fraction of sp³-hybridized carbons (Fsp3) is 0.571. The highest BCUT2D eigenvalue weighted by atomic mass is 19.1. The predicted molar refractivity (Wildman–Crippen MR) is 68.5 cm³/mol. The first-order valence-corrected chi connectivity index (χ1v) is 5.68. The van der Waals surface area contributed by atoms with E-state index in [4.69, 9.17) is 0 Å². The van der Waals surface area contributed by atoms with Crippen molar-refractivity contribution in [1.29, 1.82) is 0 Å². The summed E-state index contributed by atoms with van der Waals surface area (Å²) in [7, 11) is 0. The second-order valence-electron chi connectivity index (χ2n) is 6.32. The zero-order valence-electron chi connectivity index (χ0n) is 11.1. The Labute approximate surface area is 98.1 Å². The lowest BCUT2D eigenvalue weighted by molar-refractivity contribution is 0.522. The average Bonchev–Trinajstić information content (AvgIpc) is 1.97. The molecule has 1 rings (SSSR count). The number of benzene rings is 1. The molecule has 0 radical (unpaired) electrons. The molecule has 0 aromatic heterocycles. The molecule has 0 bridgehead atoms. The second kappa shape index (κ2) is 4.08. The predicted octanol–water partition coefficient (Wildman–Crippen LogP) is 4.33. The molecule has 90 valence electrons. The standard InChI is InChI=1S/C14H22FN/c1-13(2,3)11-8-7-10(9-12(11)15)16-14(4,5)6/h7-9,16H,1-6H3. The fourth-order valence-electron chi connectivity index (χ4n) is 1.63. The van der Waals surface area contributed by atoms with Gasteiger partial charge >= 0.3 is 0 Å². The molecule has 0 amide bonds. The quantitative estimate of drug-likeness (QED) is 0.747. The summed E-state index contributed by atoms with van der Waals surface area (Å²) in [4.78, 5) is 0. The number of hydrogen-bond donors (Lipinski definition) is 1. The van der Waals surface area contributed by atoms with Crippen molar-refractivity contribution < 1.29 is 4.39 Å². The lowest BCUT2D eigenvalue weighted by Gasteiger charge is -2.24. The van der Waals surface area contributed by atoms with E-state index in [1.165, 1.54) is 0 Å². The second-order valence-corrected chi connectivity index (χ2v) is 6.32. The van der Waals surface area contributed by atoms with Gasteiger partial charge in [-0.25, -0.2) is 4.39 Å². The summed E-state index contributed by atoms with van der Waals surface area (Å²) in [6, 6.07) is 5.38. The number of halogens is 1. The Morgan fingerprint density at radius 1 is 1.00 bits per heavy atom. The van der Waals surface area contributed by atoms with Crippen LogP contribution in [0.5, 0.6) is 0 Å². The van der Waals surface area contributed by atoms with Crippen molar-refractivity contribution in [2.24, 2.45) is 0 Å². The number of hydrogen-bond acceptors (Lipinski definition) is 1. The minimum absolute atomic E-state index is 0.0459. The molecule has 2 heteroatoms. The van der Waals surface area contributed by atoms with Crippen molar-refractivity contribution >= 4 is 5.69 Å². The lowest BCUT2D eigenvalue weighted by Crippen LogP contribution is -2.26. The lowest BCUT2D eigenvalue weighted by atomic mass is 9.86. The minimum atomic E-state index is -0.148. The third-order valence-electron chi connectivity index (χ3n) is 2.30. The van der Waals surface area contributed by atoms with Crippen molar-refractivity contribution in [3.8, 4) is 0 Å². The van der Waals surface area contributed by atoms with Crippen LogP contribution in [0.15, 0.2) is 18.2 Å². The van der Waals surface area contributed by atoms with Crippen molar-refractivity contribution in [2.75, 3.05) is 5.32 Å². The maximum absolute atomic E-state index is 13.9. The molecule has 0 saturated carbocycles. The Kier molecular flexibility index (Phi) is 3.32. The summed E-state index contributed by atoms with van der Waals surface area (Å²) in [6.45, 7) is 12.2. The van der Waals surface area contributed by atoms with E-state index < -0.39 is 0 Å². The van der Waals surface area contributed by atoms with Gasteiger partial charge < -0.3 is 5.32 Å². The van der Waals surface area contributed by atoms with Crippen LogP contribution >= 0.6 is 0 Å². The van der Waals surface area contributed by atoms with Gasteiger partial charge in [-0.1, -0.05) is 26.8 Å². The molecular weight excluding hydrogens is 201 g/mol. The normalized spacial score (nSPS) is 12.7. The summed E-state index contributed by atoms with van der Waals surface area (Å²) in [5, 5.41) is 3.26. The van der Waals surface area contributed by atoms with Gasteiger partial charge in [0, 0.05) is 11.2 Å². The SMILES string of the molecule is CC(C)(C)Nc1ccc(C(C)(C)C)c(F)c1. The Hall–Kier alpha value is -1.05. The van der Waals surface area contributed by atoms with Crippen LogP contribution in [0, 0.1) is 5.82 Å². The monoisotopic (exact) mass is 223 g/mol. The highest BCUT2D eigenvalue weighted by Gasteiger charge is 2.19. The molecular formula is C14H22FN. The molecule has 0 aliphatic carbocycles. The Bertz CT molecular complexity index is 369. The number of anilines is 1. The smallest absolute Gasteiger partial charge is 0.128 e. The molecule has 16 heavy (non-hydrogen) atoms. The van der Waals surface area contributed by atoms with Gasteiger partial charge in [0.25, 0.3) is 0 Å². The van der Waals surface area contributed by atoms with Gasteiger partial charge in [-0.3, -0.25) is 0 Å². The van der Waals surface area contributed by atoms with Crippen LogP contribution in [-0.2, 0) is 5.41 Å². The molecule has 0 saturated heterocycles. The van der Waals surface area contributed by atoms with Crippen LogP contribution in [-0.4, -0.2) is 5.54 Å². The van der Waals surface area contributed by atoms with Crippen molar-refractivity contribution in [2.45, 2.75) is 52.5 Å². The maximum atomic E-state index is 13.9. The van der Waals surface area contributed by atoms with Gasteiger partial charge in [-0.15, -0.1) is 0 Å². The van der Waals surface area contributed by atoms with Gasteiger partial charge in [-0.2, -0.15) is 0 Å². The highest BCUT2D eigenvalue weighted by Crippen LogP contribution is 2.27. The summed E-state index contributed by atoms with van der Waals surface area (Å²) >= 11 is 0.